The maximum absolute atomic E-state index is 12.4. The topological polar surface area (TPSA) is 133 Å². The Morgan fingerprint density at radius 1 is 1.23 bits per heavy atom. The zero-order valence-corrected chi connectivity index (χ0v) is 17.8. The molecule has 3 aromatic heterocycles. The second-order valence-corrected chi connectivity index (χ2v) is 6.74. The summed E-state index contributed by atoms with van der Waals surface area (Å²) in [5, 5.41) is 13.5. The number of rotatable bonds is 7. The molecule has 31 heavy (non-hydrogen) atoms. The van der Waals surface area contributed by atoms with Crippen LogP contribution in [0.25, 0.3) is 11.4 Å². The molecule has 3 aromatic rings. The number of carbonyl (C=O) groups excluding carboxylic acids is 2. The number of hydrogen-bond donors (Lipinski definition) is 2. The molecule has 0 saturated carbocycles. The molecule has 12 heteroatoms. The first-order valence-electron chi connectivity index (χ1n) is 9.12. The van der Waals surface area contributed by atoms with Gasteiger partial charge in [-0.1, -0.05) is 22.9 Å². The van der Waals surface area contributed by atoms with Gasteiger partial charge in [0.25, 0.3) is 0 Å². The minimum Gasteiger partial charge on any atom is -0.441 e. The van der Waals surface area contributed by atoms with Crippen molar-refractivity contribution in [2.75, 3.05) is 24.4 Å². The van der Waals surface area contributed by atoms with E-state index in [-0.39, 0.29) is 23.5 Å². The number of aryl methyl sites for hydroxylation is 1. The van der Waals surface area contributed by atoms with Gasteiger partial charge in [0.2, 0.25) is 5.91 Å². The molecule has 0 aliphatic carbocycles. The van der Waals surface area contributed by atoms with Crippen molar-refractivity contribution < 1.29 is 19.1 Å². The number of anilines is 2. The fourth-order valence-corrected chi connectivity index (χ4v) is 2.93. The van der Waals surface area contributed by atoms with Crippen molar-refractivity contribution in [3.63, 3.8) is 0 Å². The third-order valence-electron chi connectivity index (χ3n) is 4.12. The van der Waals surface area contributed by atoms with Crippen LogP contribution in [0.4, 0.5) is 16.3 Å². The molecule has 2 amide bonds. The number of pyridine rings is 2. The summed E-state index contributed by atoms with van der Waals surface area (Å²) in [5.41, 5.74) is 1.85. The van der Waals surface area contributed by atoms with E-state index >= 15 is 0 Å². The summed E-state index contributed by atoms with van der Waals surface area (Å²) >= 11 is 6.05. The maximum atomic E-state index is 12.4. The van der Waals surface area contributed by atoms with Crippen LogP contribution in [-0.4, -0.2) is 50.7 Å². The molecule has 0 aliphatic heterocycles. The molecule has 0 aromatic carbocycles. The first-order valence-corrected chi connectivity index (χ1v) is 9.49. The third-order valence-corrected chi connectivity index (χ3v) is 4.44. The second-order valence-electron chi connectivity index (χ2n) is 6.38. The average molecular weight is 446 g/mol. The summed E-state index contributed by atoms with van der Waals surface area (Å²) in [7, 11) is 3.05. The molecule has 0 saturated heterocycles. The van der Waals surface area contributed by atoms with Crippen LogP contribution in [-0.2, 0) is 21.3 Å². The highest BCUT2D eigenvalue weighted by Gasteiger charge is 2.20. The fourth-order valence-electron chi connectivity index (χ4n) is 2.66. The van der Waals surface area contributed by atoms with Gasteiger partial charge in [-0.25, -0.2) is 14.5 Å². The molecule has 2 N–H and O–H groups in total. The molecule has 0 unspecified atom stereocenters. The molecule has 3 rings (SSSR count). The van der Waals surface area contributed by atoms with Gasteiger partial charge in [-0.2, -0.15) is 0 Å². The van der Waals surface area contributed by atoms with Crippen LogP contribution in [0.1, 0.15) is 18.6 Å². The zero-order chi connectivity index (χ0) is 22.4. The zero-order valence-electron chi connectivity index (χ0n) is 17.0. The number of amides is 2. The van der Waals surface area contributed by atoms with Crippen LogP contribution in [0.15, 0.2) is 36.7 Å². The molecular formula is C19H20ClN7O4. The Balaban J connectivity index is 1.71. The van der Waals surface area contributed by atoms with Crippen molar-refractivity contribution in [2.45, 2.75) is 13.0 Å². The van der Waals surface area contributed by atoms with Crippen molar-refractivity contribution in [1.82, 2.24) is 25.0 Å². The number of halogens is 1. The lowest BCUT2D eigenvalue weighted by Crippen LogP contribution is -2.18. The largest absolute Gasteiger partial charge is 0.441 e. The number of ether oxygens (including phenoxy) is 2. The predicted molar refractivity (Wildman–Crippen MR) is 113 cm³/mol. The van der Waals surface area contributed by atoms with E-state index in [1.54, 1.807) is 44.4 Å². The fraction of sp³-hybridized carbons (Fsp3) is 0.263. The standard InChI is InChI=1S/C19H20ClN7O4/c1-11(13-5-4-8-21-17(13)20)31-19(29)24-18-16(25-26-27(18)2)14-7-6-12(9-22-14)23-15(28)10-30-3/h4-9,11H,10H2,1-3H3,(H,23,28)(H,24,29)/t11-/m1/s1. The Hall–Kier alpha value is -3.57. The lowest BCUT2D eigenvalue weighted by molar-refractivity contribution is -0.119. The van der Waals surface area contributed by atoms with Gasteiger partial charge in [0, 0.05) is 25.9 Å². The van der Waals surface area contributed by atoms with E-state index in [4.69, 9.17) is 21.1 Å². The summed E-state index contributed by atoms with van der Waals surface area (Å²) in [5.74, 6) is -0.0114. The number of nitrogens with zero attached hydrogens (tertiary/aromatic N) is 5. The van der Waals surface area contributed by atoms with E-state index in [1.165, 1.54) is 18.0 Å². The van der Waals surface area contributed by atoms with Gasteiger partial charge < -0.3 is 14.8 Å². The normalized spacial score (nSPS) is 11.6. The van der Waals surface area contributed by atoms with Crippen LogP contribution in [0, 0.1) is 0 Å². The molecule has 0 fully saturated rings. The molecule has 3 heterocycles. The highest BCUT2D eigenvalue weighted by atomic mass is 35.5. The number of methoxy groups -OCH3 is 1. The number of aromatic nitrogens is 5. The molecule has 162 valence electrons. The Bertz CT molecular complexity index is 1070. The summed E-state index contributed by atoms with van der Waals surface area (Å²) < 4.78 is 11.6. The molecule has 11 nitrogen and oxygen atoms in total. The van der Waals surface area contributed by atoms with Gasteiger partial charge >= 0.3 is 6.09 Å². The summed E-state index contributed by atoms with van der Waals surface area (Å²) in [4.78, 5) is 32.3. The number of nitrogens with one attached hydrogen (secondary N) is 2. The van der Waals surface area contributed by atoms with E-state index in [0.29, 0.717) is 22.6 Å². The monoisotopic (exact) mass is 445 g/mol. The molecule has 0 aliphatic rings. The minimum atomic E-state index is -0.720. The van der Waals surface area contributed by atoms with Crippen LogP contribution in [0.2, 0.25) is 5.15 Å². The Morgan fingerprint density at radius 3 is 2.71 bits per heavy atom. The van der Waals surface area contributed by atoms with Gasteiger partial charge in [-0.05, 0) is 25.1 Å². The molecule has 1 atom stereocenters. The first kappa shape index (κ1) is 22.1. The Kier molecular flexibility index (Phi) is 7.11. The van der Waals surface area contributed by atoms with Gasteiger partial charge in [-0.3, -0.25) is 15.1 Å². The lowest BCUT2D eigenvalue weighted by Gasteiger charge is -2.15. The average Bonchev–Trinajstić information content (AvgIpc) is 3.09. The highest BCUT2D eigenvalue weighted by Crippen LogP contribution is 2.26. The smallest absolute Gasteiger partial charge is 0.413 e. The summed E-state index contributed by atoms with van der Waals surface area (Å²) in [6.07, 6.45) is 1.67. The van der Waals surface area contributed by atoms with Gasteiger partial charge in [0.05, 0.1) is 17.6 Å². The molecule has 0 bridgehead atoms. The van der Waals surface area contributed by atoms with E-state index in [9.17, 15) is 9.59 Å². The SMILES string of the molecule is COCC(=O)Nc1ccc(-c2nnn(C)c2NC(=O)O[C@H](C)c2cccnc2Cl)nc1. The van der Waals surface area contributed by atoms with E-state index in [0.717, 1.165) is 0 Å². The van der Waals surface area contributed by atoms with E-state index in [1.807, 2.05) is 0 Å². The van der Waals surface area contributed by atoms with Crippen molar-refractivity contribution in [3.05, 3.63) is 47.4 Å². The second kappa shape index (κ2) is 9.96. The Labute approximate surface area is 182 Å². The van der Waals surface area contributed by atoms with Gasteiger partial charge in [0.15, 0.2) is 11.5 Å². The van der Waals surface area contributed by atoms with Crippen molar-refractivity contribution in [3.8, 4) is 11.4 Å². The highest BCUT2D eigenvalue weighted by molar-refractivity contribution is 6.30. The van der Waals surface area contributed by atoms with Crippen molar-refractivity contribution in [1.29, 1.82) is 0 Å². The quantitative estimate of drug-likeness (QED) is 0.530. The lowest BCUT2D eigenvalue weighted by atomic mass is 10.2. The van der Waals surface area contributed by atoms with Crippen LogP contribution < -0.4 is 10.6 Å². The summed E-state index contributed by atoms with van der Waals surface area (Å²) in [6.45, 7) is 1.62. The van der Waals surface area contributed by atoms with E-state index < -0.39 is 12.2 Å². The van der Waals surface area contributed by atoms with E-state index in [2.05, 4.69) is 30.9 Å². The van der Waals surface area contributed by atoms with Gasteiger partial charge in [0.1, 0.15) is 17.9 Å². The van der Waals surface area contributed by atoms with Crippen LogP contribution in [0.3, 0.4) is 0 Å². The van der Waals surface area contributed by atoms with Crippen molar-refractivity contribution >= 4 is 35.1 Å². The Morgan fingerprint density at radius 2 is 2.03 bits per heavy atom. The molecule has 0 radical (unpaired) electrons. The number of carbonyl (C=O) groups is 2. The number of hydrogen-bond acceptors (Lipinski definition) is 8. The minimum absolute atomic E-state index is 0.0647. The van der Waals surface area contributed by atoms with Crippen LogP contribution >= 0.6 is 11.6 Å². The first-order chi connectivity index (χ1) is 14.9. The molecule has 0 spiro atoms. The summed E-state index contributed by atoms with van der Waals surface area (Å²) in [6, 6.07) is 6.72. The predicted octanol–water partition coefficient (Wildman–Crippen LogP) is 2.82. The van der Waals surface area contributed by atoms with Crippen LogP contribution in [0.5, 0.6) is 0 Å². The third kappa shape index (κ3) is 5.53. The van der Waals surface area contributed by atoms with Crippen molar-refractivity contribution in [2.24, 2.45) is 7.05 Å². The molecular weight excluding hydrogens is 426 g/mol. The van der Waals surface area contributed by atoms with Gasteiger partial charge in [-0.15, -0.1) is 5.10 Å². The maximum Gasteiger partial charge on any atom is 0.413 e.